The van der Waals surface area contributed by atoms with Gasteiger partial charge in [0, 0.05) is 30.5 Å². The van der Waals surface area contributed by atoms with Gasteiger partial charge in [0.2, 0.25) is 0 Å². The summed E-state index contributed by atoms with van der Waals surface area (Å²) in [6.45, 7) is 6.10. The molecule has 35 heavy (non-hydrogen) atoms. The Hall–Kier alpha value is -2.65. The quantitative estimate of drug-likeness (QED) is 0.548. The number of piperidine rings is 1. The molecule has 2 aliphatic rings. The van der Waals surface area contributed by atoms with Crippen molar-refractivity contribution in [1.29, 1.82) is 0 Å². The number of nitrogens with one attached hydrogen (secondary N) is 2. The van der Waals surface area contributed by atoms with E-state index in [0.29, 0.717) is 32.4 Å². The van der Waals surface area contributed by atoms with Crippen molar-refractivity contribution in [2.75, 3.05) is 30.4 Å². The minimum absolute atomic E-state index is 0.102. The van der Waals surface area contributed by atoms with Crippen molar-refractivity contribution in [2.45, 2.75) is 76.7 Å². The monoisotopic (exact) mass is 499 g/mol. The maximum Gasteiger partial charge on any atom is 0.407 e. The Bertz CT molecular complexity index is 862. The average molecular weight is 500 g/mol. The molecule has 1 saturated carbocycles. The Kier molecular flexibility index (Phi) is 8.43. The molecule has 1 aromatic carbocycles. The van der Waals surface area contributed by atoms with Gasteiger partial charge in [-0.2, -0.15) is 13.2 Å². The molecule has 1 aromatic rings. The lowest BCUT2D eigenvalue weighted by molar-refractivity contribution is -0.179. The number of hydrogen-bond acceptors (Lipinski definition) is 6. The topological polar surface area (TPSA) is 79.9 Å². The zero-order valence-electron chi connectivity index (χ0n) is 20.8. The third-order valence-corrected chi connectivity index (χ3v) is 6.63. The molecule has 10 heteroatoms. The highest BCUT2D eigenvalue weighted by atomic mass is 19.4. The highest BCUT2D eigenvalue weighted by molar-refractivity contribution is 5.73. The van der Waals surface area contributed by atoms with Crippen LogP contribution < -0.4 is 15.5 Å². The molecule has 0 aromatic heterocycles. The van der Waals surface area contributed by atoms with Crippen LogP contribution in [-0.4, -0.2) is 56.1 Å². The predicted molar refractivity (Wildman–Crippen MR) is 127 cm³/mol. The van der Waals surface area contributed by atoms with Gasteiger partial charge in [0.1, 0.15) is 5.60 Å². The van der Waals surface area contributed by atoms with Crippen molar-refractivity contribution in [3.8, 4) is 0 Å². The molecule has 1 aliphatic carbocycles. The predicted octanol–water partition coefficient (Wildman–Crippen LogP) is 5.11. The molecule has 1 aliphatic heterocycles. The van der Waals surface area contributed by atoms with Gasteiger partial charge < -0.3 is 25.0 Å². The molecule has 1 heterocycles. The first-order valence-corrected chi connectivity index (χ1v) is 12.1. The molecule has 3 atom stereocenters. The number of carbonyl (C=O) groups is 2. The number of esters is 1. The van der Waals surface area contributed by atoms with Crippen LogP contribution in [0.15, 0.2) is 24.3 Å². The highest BCUT2D eigenvalue weighted by Crippen LogP contribution is 2.36. The van der Waals surface area contributed by atoms with Crippen LogP contribution in [-0.2, 0) is 14.3 Å². The van der Waals surface area contributed by atoms with E-state index in [4.69, 9.17) is 9.47 Å². The molecule has 1 amide bonds. The van der Waals surface area contributed by atoms with Crippen molar-refractivity contribution < 1.29 is 32.2 Å². The summed E-state index contributed by atoms with van der Waals surface area (Å²) in [6, 6.07) is 7.10. The number of alkyl carbamates (subject to hydrolysis) is 1. The van der Waals surface area contributed by atoms with Crippen molar-refractivity contribution in [2.24, 2.45) is 11.8 Å². The normalized spacial score (nSPS) is 24.0. The van der Waals surface area contributed by atoms with Crippen LogP contribution in [0.2, 0.25) is 0 Å². The van der Waals surface area contributed by atoms with Crippen molar-refractivity contribution in [3.05, 3.63) is 24.3 Å². The van der Waals surface area contributed by atoms with Crippen LogP contribution in [0.1, 0.15) is 52.9 Å². The van der Waals surface area contributed by atoms with E-state index >= 15 is 0 Å². The Labute approximate surface area is 204 Å². The van der Waals surface area contributed by atoms with E-state index in [1.165, 1.54) is 7.11 Å². The van der Waals surface area contributed by atoms with Gasteiger partial charge in [-0.15, -0.1) is 0 Å². The Morgan fingerprint density at radius 2 is 1.60 bits per heavy atom. The summed E-state index contributed by atoms with van der Waals surface area (Å²) in [4.78, 5) is 26.5. The molecule has 2 N–H and O–H groups in total. The van der Waals surface area contributed by atoms with Crippen LogP contribution in [0, 0.1) is 11.8 Å². The number of anilines is 2. The van der Waals surface area contributed by atoms with E-state index in [2.05, 4.69) is 10.6 Å². The number of nitrogens with zero attached hydrogens (tertiary/aromatic N) is 1. The van der Waals surface area contributed by atoms with Crippen LogP contribution in [0.4, 0.5) is 29.3 Å². The molecule has 0 radical (unpaired) electrons. The van der Waals surface area contributed by atoms with Crippen molar-refractivity contribution in [3.63, 3.8) is 0 Å². The van der Waals surface area contributed by atoms with Crippen molar-refractivity contribution >= 4 is 23.4 Å². The molecule has 1 unspecified atom stereocenters. The molecular formula is C25H36F3N3O4. The van der Waals surface area contributed by atoms with Crippen LogP contribution in [0.3, 0.4) is 0 Å². The molecule has 0 bridgehead atoms. The number of amides is 1. The van der Waals surface area contributed by atoms with Crippen LogP contribution >= 0.6 is 0 Å². The molecule has 3 rings (SSSR count). The van der Waals surface area contributed by atoms with Gasteiger partial charge in [-0.3, -0.25) is 4.79 Å². The first kappa shape index (κ1) is 26.9. The summed E-state index contributed by atoms with van der Waals surface area (Å²) < 4.78 is 49.1. The lowest BCUT2D eigenvalue weighted by atomic mass is 9.82. The third-order valence-electron chi connectivity index (χ3n) is 6.63. The number of methoxy groups -OCH3 is 1. The van der Waals surface area contributed by atoms with Gasteiger partial charge in [-0.05, 0) is 77.1 Å². The SMILES string of the molecule is COC(=O)[C@@H]1CCC(Nc2ccc(N3CCC(C(F)(F)F)CC3)cc2)[C@@H](NC(=O)OC(C)(C)C)C1. The van der Waals surface area contributed by atoms with Gasteiger partial charge in [-0.1, -0.05) is 0 Å². The maximum absolute atomic E-state index is 12.9. The van der Waals surface area contributed by atoms with E-state index in [-0.39, 0.29) is 36.8 Å². The first-order chi connectivity index (χ1) is 16.4. The Balaban J connectivity index is 1.63. The van der Waals surface area contributed by atoms with Crippen LogP contribution in [0.5, 0.6) is 0 Å². The number of hydrogen-bond donors (Lipinski definition) is 2. The summed E-state index contributed by atoms with van der Waals surface area (Å²) in [5.41, 5.74) is 1.07. The summed E-state index contributed by atoms with van der Waals surface area (Å²) in [6.07, 6.45) is -2.77. The molecule has 1 saturated heterocycles. The highest BCUT2D eigenvalue weighted by Gasteiger charge is 2.41. The minimum Gasteiger partial charge on any atom is -0.469 e. The molecule has 2 fully saturated rings. The number of halogens is 3. The second-order valence-corrected chi connectivity index (χ2v) is 10.4. The zero-order valence-corrected chi connectivity index (χ0v) is 20.8. The van der Waals surface area contributed by atoms with Gasteiger partial charge in [-0.25, -0.2) is 4.79 Å². The largest absolute Gasteiger partial charge is 0.469 e. The van der Waals surface area contributed by atoms with E-state index in [0.717, 1.165) is 11.4 Å². The van der Waals surface area contributed by atoms with E-state index in [1.54, 1.807) is 20.8 Å². The average Bonchev–Trinajstić information content (AvgIpc) is 2.78. The van der Waals surface area contributed by atoms with Gasteiger partial charge >= 0.3 is 18.2 Å². The first-order valence-electron chi connectivity index (χ1n) is 12.1. The number of ether oxygens (including phenoxy) is 2. The van der Waals surface area contributed by atoms with Gasteiger partial charge in [0.05, 0.1) is 25.0 Å². The Morgan fingerprint density at radius 1 is 0.971 bits per heavy atom. The fourth-order valence-corrected chi connectivity index (χ4v) is 4.79. The summed E-state index contributed by atoms with van der Waals surface area (Å²) in [5, 5.41) is 6.35. The second-order valence-electron chi connectivity index (χ2n) is 10.4. The van der Waals surface area contributed by atoms with Gasteiger partial charge in [0.25, 0.3) is 0 Å². The Morgan fingerprint density at radius 3 is 2.14 bits per heavy atom. The van der Waals surface area contributed by atoms with E-state index in [1.807, 2.05) is 29.2 Å². The molecule has 7 nitrogen and oxygen atoms in total. The smallest absolute Gasteiger partial charge is 0.407 e. The summed E-state index contributed by atoms with van der Waals surface area (Å²) in [5.74, 6) is -1.83. The third kappa shape index (κ3) is 7.67. The van der Waals surface area contributed by atoms with Crippen LogP contribution in [0.25, 0.3) is 0 Å². The van der Waals surface area contributed by atoms with E-state index < -0.39 is 23.8 Å². The lowest BCUT2D eigenvalue weighted by Crippen LogP contribution is -2.52. The molecular weight excluding hydrogens is 463 g/mol. The molecule has 0 spiro atoms. The maximum atomic E-state index is 12.9. The fourth-order valence-electron chi connectivity index (χ4n) is 4.79. The zero-order chi connectivity index (χ0) is 25.8. The number of carbonyl (C=O) groups excluding carboxylic acids is 2. The number of benzene rings is 1. The minimum atomic E-state index is -4.13. The summed E-state index contributed by atoms with van der Waals surface area (Å²) >= 11 is 0. The fraction of sp³-hybridized carbons (Fsp3) is 0.680. The molecule has 196 valence electrons. The second kappa shape index (κ2) is 11.0. The van der Waals surface area contributed by atoms with Gasteiger partial charge in [0.15, 0.2) is 0 Å². The summed E-state index contributed by atoms with van der Waals surface area (Å²) in [7, 11) is 1.36. The van der Waals surface area contributed by atoms with Crippen molar-refractivity contribution in [1.82, 2.24) is 5.32 Å². The number of alkyl halides is 3. The lowest BCUT2D eigenvalue weighted by Gasteiger charge is -2.37. The number of rotatable bonds is 5. The standard InChI is InChI=1S/C25H36F3N3O4/c1-24(2,3)35-23(33)30-21-15-16(22(32)34-4)5-10-20(21)29-18-6-8-19(9-7-18)31-13-11-17(12-14-31)25(26,27)28/h6-9,16-17,20-21,29H,5,10-15H2,1-4H3,(H,30,33)/t16-,20?,21+/m1/s1. The van der Waals surface area contributed by atoms with E-state index in [9.17, 15) is 22.8 Å².